The normalized spacial score (nSPS) is 15.3. The number of anilines is 1. The fraction of sp³-hybridized carbons (Fsp3) is 0.368. The van der Waals surface area contributed by atoms with Crippen molar-refractivity contribution in [3.05, 3.63) is 47.2 Å². The van der Waals surface area contributed by atoms with Crippen molar-refractivity contribution in [3.63, 3.8) is 0 Å². The second-order valence-corrected chi connectivity index (χ2v) is 6.24. The molecule has 1 heterocycles. The molecule has 0 spiro atoms. The zero-order chi connectivity index (χ0) is 17.8. The number of aromatic nitrogens is 2. The topological polar surface area (TPSA) is 97.1 Å². The van der Waals surface area contributed by atoms with Crippen molar-refractivity contribution in [1.29, 1.82) is 5.26 Å². The lowest BCUT2D eigenvalue weighted by molar-refractivity contribution is 0.106. The highest BCUT2D eigenvalue weighted by Crippen LogP contribution is 2.22. The largest absolute Gasteiger partial charge is 0.382 e. The van der Waals surface area contributed by atoms with Gasteiger partial charge in [-0.15, -0.1) is 0 Å². The lowest BCUT2D eigenvalue weighted by atomic mass is 10.1. The molecule has 2 N–H and O–H groups in total. The molecule has 0 radical (unpaired) electrons. The minimum atomic E-state index is -0.228. The number of carbonyl (C=O) groups excluding carboxylic acids is 1. The Hall–Kier alpha value is -2.94. The van der Waals surface area contributed by atoms with Gasteiger partial charge in [-0.1, -0.05) is 44.0 Å². The van der Waals surface area contributed by atoms with Crippen LogP contribution in [0.2, 0.25) is 0 Å². The van der Waals surface area contributed by atoms with E-state index in [1.165, 1.54) is 10.9 Å². The third-order valence-electron chi connectivity index (χ3n) is 4.58. The number of aliphatic imine (C=N–C) groups is 1. The van der Waals surface area contributed by atoms with Crippen molar-refractivity contribution in [1.82, 2.24) is 9.78 Å². The molecule has 2 aromatic rings. The van der Waals surface area contributed by atoms with Gasteiger partial charge in [0.05, 0.1) is 12.2 Å². The monoisotopic (exact) mass is 335 g/mol. The van der Waals surface area contributed by atoms with Gasteiger partial charge < -0.3 is 5.73 Å². The predicted octanol–water partition coefficient (Wildman–Crippen LogP) is 2.97. The molecule has 1 saturated carbocycles. The Balaban J connectivity index is 2.02. The number of Topliss-reactive ketones (excluding diaryl/α,β-unsaturated/α-hetero) is 1. The zero-order valence-electron chi connectivity index (χ0n) is 14.3. The van der Waals surface area contributed by atoms with E-state index in [2.05, 4.69) is 17.0 Å². The van der Waals surface area contributed by atoms with E-state index < -0.39 is 0 Å². The molecule has 128 valence electrons. The number of aryl methyl sites for hydroxylation is 1. The van der Waals surface area contributed by atoms with Crippen molar-refractivity contribution in [2.75, 3.05) is 5.73 Å². The molecule has 1 aromatic carbocycles. The van der Waals surface area contributed by atoms with Crippen molar-refractivity contribution >= 4 is 17.4 Å². The third kappa shape index (κ3) is 3.45. The van der Waals surface area contributed by atoms with E-state index >= 15 is 0 Å². The molecule has 0 unspecified atom stereocenters. The summed E-state index contributed by atoms with van der Waals surface area (Å²) in [4.78, 5) is 17.7. The molecule has 1 aliphatic carbocycles. The summed E-state index contributed by atoms with van der Waals surface area (Å²) in [6.07, 6.45) is 6.41. The van der Waals surface area contributed by atoms with E-state index in [0.29, 0.717) is 5.56 Å². The lowest BCUT2D eigenvalue weighted by Crippen LogP contribution is -2.27. The van der Waals surface area contributed by atoms with E-state index in [1.807, 2.05) is 18.2 Å². The highest BCUT2D eigenvalue weighted by molar-refractivity contribution is 6.46. The molecule has 1 fully saturated rings. The Morgan fingerprint density at radius 2 is 2.04 bits per heavy atom. The molecular weight excluding hydrogens is 314 g/mol. The van der Waals surface area contributed by atoms with E-state index in [4.69, 9.17) is 11.0 Å². The van der Waals surface area contributed by atoms with Gasteiger partial charge >= 0.3 is 0 Å². The summed E-state index contributed by atoms with van der Waals surface area (Å²) in [7, 11) is 0. The van der Waals surface area contributed by atoms with Gasteiger partial charge in [-0.3, -0.25) is 9.79 Å². The molecule has 1 aliphatic rings. The van der Waals surface area contributed by atoms with Gasteiger partial charge in [0.25, 0.3) is 0 Å². The van der Waals surface area contributed by atoms with Gasteiger partial charge in [-0.05, 0) is 24.8 Å². The van der Waals surface area contributed by atoms with Crippen LogP contribution in [0.3, 0.4) is 0 Å². The standard InChI is InChI=1S/C19H21N5O/c1-2-13-7-9-14(10-8-13)17(25)19(23-16-5-3-4-6-16)24-18(21)15(11-20)12-22-24/h7-10,12,16H,2-6,21H2,1H3. The molecule has 6 heteroatoms. The number of hydrogen-bond donors (Lipinski definition) is 1. The lowest BCUT2D eigenvalue weighted by Gasteiger charge is -2.11. The van der Waals surface area contributed by atoms with Crippen LogP contribution in [0.4, 0.5) is 5.82 Å². The predicted molar refractivity (Wildman–Crippen MR) is 96.6 cm³/mol. The molecule has 25 heavy (non-hydrogen) atoms. The van der Waals surface area contributed by atoms with Crippen LogP contribution in [0, 0.1) is 11.3 Å². The summed E-state index contributed by atoms with van der Waals surface area (Å²) in [6.45, 7) is 2.07. The molecule has 0 bridgehead atoms. The number of carbonyl (C=O) groups is 1. The number of nitrogens with zero attached hydrogens (tertiary/aromatic N) is 4. The van der Waals surface area contributed by atoms with Crippen LogP contribution in [0.1, 0.15) is 54.1 Å². The van der Waals surface area contributed by atoms with E-state index in [0.717, 1.165) is 37.7 Å². The molecule has 6 nitrogen and oxygen atoms in total. The van der Waals surface area contributed by atoms with Crippen LogP contribution in [0.5, 0.6) is 0 Å². The average Bonchev–Trinajstić information content (AvgIpc) is 3.28. The van der Waals surface area contributed by atoms with Crippen molar-refractivity contribution in [2.24, 2.45) is 4.99 Å². The van der Waals surface area contributed by atoms with E-state index in [-0.39, 0.29) is 29.0 Å². The Labute approximate surface area is 147 Å². The Bertz CT molecular complexity index is 836. The number of nitriles is 1. The third-order valence-corrected chi connectivity index (χ3v) is 4.58. The number of ketones is 1. The summed E-state index contributed by atoms with van der Waals surface area (Å²) < 4.78 is 1.30. The van der Waals surface area contributed by atoms with E-state index in [1.54, 1.807) is 12.1 Å². The highest BCUT2D eigenvalue weighted by Gasteiger charge is 2.24. The maximum absolute atomic E-state index is 13.1. The molecule has 0 saturated heterocycles. The zero-order valence-corrected chi connectivity index (χ0v) is 14.3. The quantitative estimate of drug-likeness (QED) is 0.527. The van der Waals surface area contributed by atoms with Crippen LogP contribution in [0.25, 0.3) is 0 Å². The Morgan fingerprint density at radius 3 is 2.60 bits per heavy atom. The van der Waals surface area contributed by atoms with Gasteiger partial charge in [0, 0.05) is 5.56 Å². The number of benzene rings is 1. The molecule has 3 rings (SSSR count). The fourth-order valence-electron chi connectivity index (χ4n) is 3.05. The minimum absolute atomic E-state index is 0.100. The molecule has 0 aliphatic heterocycles. The van der Waals surface area contributed by atoms with Crippen LogP contribution in [0.15, 0.2) is 35.5 Å². The minimum Gasteiger partial charge on any atom is -0.382 e. The van der Waals surface area contributed by atoms with Crippen LogP contribution in [-0.4, -0.2) is 27.4 Å². The first-order valence-corrected chi connectivity index (χ1v) is 8.59. The van der Waals surface area contributed by atoms with Crippen molar-refractivity contribution < 1.29 is 4.79 Å². The van der Waals surface area contributed by atoms with Gasteiger partial charge in [0.2, 0.25) is 5.78 Å². The number of nitrogens with two attached hydrogens (primary N) is 1. The summed E-state index contributed by atoms with van der Waals surface area (Å²) >= 11 is 0. The first kappa shape index (κ1) is 16.9. The van der Waals surface area contributed by atoms with Gasteiger partial charge in [-0.2, -0.15) is 15.0 Å². The number of hydrogen-bond acceptors (Lipinski definition) is 5. The second kappa shape index (κ2) is 7.31. The molecular formula is C19H21N5O. The molecule has 1 aromatic heterocycles. The molecule has 0 atom stereocenters. The maximum Gasteiger partial charge on any atom is 0.229 e. The second-order valence-electron chi connectivity index (χ2n) is 6.24. The average molecular weight is 335 g/mol. The van der Waals surface area contributed by atoms with Crippen LogP contribution >= 0.6 is 0 Å². The first-order chi connectivity index (χ1) is 12.1. The van der Waals surface area contributed by atoms with E-state index in [9.17, 15) is 4.79 Å². The summed E-state index contributed by atoms with van der Waals surface area (Å²) in [5.41, 5.74) is 7.95. The summed E-state index contributed by atoms with van der Waals surface area (Å²) in [5, 5.41) is 13.2. The smallest absolute Gasteiger partial charge is 0.229 e. The SMILES string of the molecule is CCc1ccc(C(=O)C(=NC2CCCC2)n2ncc(C#N)c2N)cc1. The Kier molecular flexibility index (Phi) is 4.94. The number of rotatable bonds is 4. The summed E-state index contributed by atoms with van der Waals surface area (Å²) in [6, 6.07) is 9.56. The van der Waals surface area contributed by atoms with Crippen molar-refractivity contribution in [2.45, 2.75) is 45.1 Å². The maximum atomic E-state index is 13.1. The van der Waals surface area contributed by atoms with Crippen LogP contribution < -0.4 is 5.73 Å². The van der Waals surface area contributed by atoms with Crippen LogP contribution in [-0.2, 0) is 6.42 Å². The van der Waals surface area contributed by atoms with Gasteiger partial charge in [-0.25, -0.2) is 0 Å². The van der Waals surface area contributed by atoms with Gasteiger partial charge in [0.15, 0.2) is 5.84 Å². The summed E-state index contributed by atoms with van der Waals surface area (Å²) in [5.74, 6) is 0.113. The first-order valence-electron chi connectivity index (χ1n) is 8.59. The Morgan fingerprint density at radius 1 is 1.36 bits per heavy atom. The molecule has 0 amide bonds. The van der Waals surface area contributed by atoms with Crippen molar-refractivity contribution in [3.8, 4) is 6.07 Å². The fourth-order valence-corrected chi connectivity index (χ4v) is 3.05. The van der Waals surface area contributed by atoms with Gasteiger partial charge in [0.1, 0.15) is 17.5 Å². The highest BCUT2D eigenvalue weighted by atomic mass is 16.1. The number of nitrogen functional groups attached to an aromatic ring is 1.